The molecule has 3 heteroatoms. The Morgan fingerprint density at radius 1 is 1.21 bits per heavy atom. The van der Waals surface area contributed by atoms with Crippen molar-refractivity contribution < 1.29 is 4.79 Å². The van der Waals surface area contributed by atoms with Crippen molar-refractivity contribution in [2.75, 3.05) is 0 Å². The van der Waals surface area contributed by atoms with Gasteiger partial charge in [0.15, 0.2) is 0 Å². The minimum Gasteiger partial charge on any atom is -0.271 e. The Hall–Kier alpha value is -1.35. The zero-order valence-corrected chi connectivity index (χ0v) is 8.82. The van der Waals surface area contributed by atoms with Gasteiger partial charge >= 0.3 is 0 Å². The minimum absolute atomic E-state index is 0.155. The summed E-state index contributed by atoms with van der Waals surface area (Å²) in [5, 5.41) is 1.25. The van der Waals surface area contributed by atoms with E-state index in [9.17, 15) is 4.79 Å². The number of amides is 1. The number of hydrazine groups is 1. The first kappa shape index (κ1) is 10.7. The van der Waals surface area contributed by atoms with E-state index in [1.807, 2.05) is 39.0 Å². The highest BCUT2D eigenvalue weighted by molar-refractivity contribution is 5.94. The second-order valence-electron chi connectivity index (χ2n) is 4.21. The summed E-state index contributed by atoms with van der Waals surface area (Å²) < 4.78 is 0. The molecule has 0 fully saturated rings. The predicted octanol–water partition coefficient (Wildman–Crippen LogP) is 1.80. The molecule has 0 spiro atoms. The van der Waals surface area contributed by atoms with Crippen molar-refractivity contribution >= 4 is 5.91 Å². The molecule has 1 aromatic carbocycles. The topological polar surface area (TPSA) is 46.3 Å². The first-order chi connectivity index (χ1) is 6.43. The van der Waals surface area contributed by atoms with Crippen LogP contribution in [0.4, 0.5) is 0 Å². The molecule has 1 rings (SSSR count). The number of carbonyl (C=O) groups is 1. The fraction of sp³-hybridized carbons (Fsp3) is 0.364. The van der Waals surface area contributed by atoms with Crippen LogP contribution in [-0.4, -0.2) is 16.5 Å². The standard InChI is InChI=1S/C11H16N2O/c1-11(2,3)13(12)10(14)9-7-5-4-6-8-9/h4-8H,12H2,1-3H3. The highest BCUT2D eigenvalue weighted by atomic mass is 16.2. The third kappa shape index (κ3) is 2.33. The van der Waals surface area contributed by atoms with Gasteiger partial charge < -0.3 is 0 Å². The van der Waals surface area contributed by atoms with E-state index in [2.05, 4.69) is 0 Å². The second-order valence-corrected chi connectivity index (χ2v) is 4.21. The molecule has 0 saturated heterocycles. The monoisotopic (exact) mass is 192 g/mol. The molecule has 3 nitrogen and oxygen atoms in total. The van der Waals surface area contributed by atoms with Crippen LogP contribution < -0.4 is 5.84 Å². The molecule has 0 heterocycles. The zero-order chi connectivity index (χ0) is 10.8. The van der Waals surface area contributed by atoms with Crippen LogP contribution in [0, 0.1) is 0 Å². The fourth-order valence-electron chi connectivity index (χ4n) is 1.02. The molecule has 14 heavy (non-hydrogen) atoms. The van der Waals surface area contributed by atoms with Gasteiger partial charge in [-0.05, 0) is 32.9 Å². The lowest BCUT2D eigenvalue weighted by Gasteiger charge is -2.31. The molecule has 0 unspecified atom stereocenters. The third-order valence-electron chi connectivity index (χ3n) is 1.96. The number of hydrogen-bond acceptors (Lipinski definition) is 2. The molecule has 2 N–H and O–H groups in total. The fourth-order valence-corrected chi connectivity index (χ4v) is 1.02. The Bertz CT molecular complexity index is 314. The summed E-state index contributed by atoms with van der Waals surface area (Å²) in [6, 6.07) is 9.03. The van der Waals surface area contributed by atoms with E-state index in [0.29, 0.717) is 5.56 Å². The Kier molecular flexibility index (Phi) is 2.91. The van der Waals surface area contributed by atoms with Crippen LogP contribution in [0.3, 0.4) is 0 Å². The minimum atomic E-state index is -0.354. The molecule has 76 valence electrons. The highest BCUT2D eigenvalue weighted by Gasteiger charge is 2.23. The smallest absolute Gasteiger partial charge is 0.268 e. The van der Waals surface area contributed by atoms with Gasteiger partial charge in [0, 0.05) is 5.56 Å². The first-order valence-corrected chi connectivity index (χ1v) is 4.57. The van der Waals surface area contributed by atoms with Crippen molar-refractivity contribution in [3.8, 4) is 0 Å². The van der Waals surface area contributed by atoms with E-state index < -0.39 is 0 Å². The molecule has 0 atom stereocenters. The Balaban J connectivity index is 2.87. The molecule has 0 aliphatic rings. The lowest BCUT2D eigenvalue weighted by molar-refractivity contribution is 0.0582. The number of nitrogens with zero attached hydrogens (tertiary/aromatic N) is 1. The zero-order valence-electron chi connectivity index (χ0n) is 8.82. The number of benzene rings is 1. The number of nitrogens with two attached hydrogens (primary N) is 1. The largest absolute Gasteiger partial charge is 0.271 e. The summed E-state index contributed by atoms with van der Waals surface area (Å²) in [6.45, 7) is 5.69. The van der Waals surface area contributed by atoms with Gasteiger partial charge in [-0.1, -0.05) is 18.2 Å². The Morgan fingerprint density at radius 2 is 1.71 bits per heavy atom. The van der Waals surface area contributed by atoms with Crippen LogP contribution in [0.1, 0.15) is 31.1 Å². The average molecular weight is 192 g/mol. The van der Waals surface area contributed by atoms with Crippen molar-refractivity contribution in [2.45, 2.75) is 26.3 Å². The molecule has 0 saturated carbocycles. The second kappa shape index (κ2) is 3.80. The summed E-state index contributed by atoms with van der Waals surface area (Å²) in [4.78, 5) is 11.8. The maximum atomic E-state index is 11.8. The van der Waals surface area contributed by atoms with E-state index in [-0.39, 0.29) is 11.4 Å². The van der Waals surface area contributed by atoms with Gasteiger partial charge in [0.2, 0.25) is 0 Å². The van der Waals surface area contributed by atoms with Gasteiger partial charge in [-0.25, -0.2) is 5.84 Å². The first-order valence-electron chi connectivity index (χ1n) is 4.57. The normalized spacial score (nSPS) is 11.1. The van der Waals surface area contributed by atoms with Crippen molar-refractivity contribution in [3.05, 3.63) is 35.9 Å². The number of hydrogen-bond donors (Lipinski definition) is 1. The highest BCUT2D eigenvalue weighted by Crippen LogP contribution is 2.12. The molecule has 0 aromatic heterocycles. The van der Waals surface area contributed by atoms with Crippen molar-refractivity contribution in [2.24, 2.45) is 5.84 Å². The number of carbonyl (C=O) groups excluding carboxylic acids is 1. The van der Waals surface area contributed by atoms with E-state index in [1.165, 1.54) is 5.01 Å². The molecule has 0 aliphatic carbocycles. The molecule has 1 amide bonds. The quantitative estimate of drug-likeness (QED) is 0.419. The van der Waals surface area contributed by atoms with Crippen molar-refractivity contribution in [1.29, 1.82) is 0 Å². The van der Waals surface area contributed by atoms with Crippen molar-refractivity contribution in [3.63, 3.8) is 0 Å². The third-order valence-corrected chi connectivity index (χ3v) is 1.96. The Labute approximate surface area is 84.5 Å². The van der Waals surface area contributed by atoms with Gasteiger partial charge in [0.05, 0.1) is 5.54 Å². The summed E-state index contributed by atoms with van der Waals surface area (Å²) in [5.74, 6) is 5.56. The lowest BCUT2D eigenvalue weighted by atomic mass is 10.1. The lowest BCUT2D eigenvalue weighted by Crippen LogP contribution is -2.50. The summed E-state index contributed by atoms with van der Waals surface area (Å²) >= 11 is 0. The average Bonchev–Trinajstić information content (AvgIpc) is 2.15. The van der Waals surface area contributed by atoms with E-state index >= 15 is 0 Å². The van der Waals surface area contributed by atoms with Crippen LogP contribution in [0.2, 0.25) is 0 Å². The van der Waals surface area contributed by atoms with Gasteiger partial charge in [-0.15, -0.1) is 0 Å². The van der Waals surface area contributed by atoms with Crippen LogP contribution in [-0.2, 0) is 0 Å². The Morgan fingerprint density at radius 3 is 2.14 bits per heavy atom. The van der Waals surface area contributed by atoms with Gasteiger partial charge in [-0.2, -0.15) is 0 Å². The predicted molar refractivity (Wildman–Crippen MR) is 56.6 cm³/mol. The van der Waals surface area contributed by atoms with Crippen LogP contribution in [0.5, 0.6) is 0 Å². The van der Waals surface area contributed by atoms with Crippen LogP contribution in [0.15, 0.2) is 30.3 Å². The van der Waals surface area contributed by atoms with E-state index in [1.54, 1.807) is 12.1 Å². The van der Waals surface area contributed by atoms with Gasteiger partial charge in [-0.3, -0.25) is 9.80 Å². The van der Waals surface area contributed by atoms with Gasteiger partial charge in [0.25, 0.3) is 5.91 Å². The summed E-state index contributed by atoms with van der Waals surface area (Å²) in [7, 11) is 0. The maximum Gasteiger partial charge on any atom is 0.268 e. The molecule has 1 aromatic rings. The molecule has 0 bridgehead atoms. The molecular weight excluding hydrogens is 176 g/mol. The maximum absolute atomic E-state index is 11.8. The van der Waals surface area contributed by atoms with Crippen molar-refractivity contribution in [1.82, 2.24) is 5.01 Å². The van der Waals surface area contributed by atoms with E-state index in [0.717, 1.165) is 0 Å². The summed E-state index contributed by atoms with van der Waals surface area (Å²) in [5.41, 5.74) is 0.261. The summed E-state index contributed by atoms with van der Waals surface area (Å²) in [6.07, 6.45) is 0. The number of rotatable bonds is 1. The van der Waals surface area contributed by atoms with Crippen LogP contribution in [0.25, 0.3) is 0 Å². The SMILES string of the molecule is CC(C)(C)N(N)C(=O)c1ccccc1. The van der Waals surface area contributed by atoms with Gasteiger partial charge in [0.1, 0.15) is 0 Å². The van der Waals surface area contributed by atoms with Crippen LogP contribution >= 0.6 is 0 Å². The van der Waals surface area contributed by atoms with E-state index in [4.69, 9.17) is 5.84 Å². The molecule has 0 aliphatic heterocycles. The molecular formula is C11H16N2O. The molecule has 0 radical (unpaired) electrons.